The molecule has 0 aliphatic heterocycles. The Hall–Kier alpha value is -0.570. The SMILES string of the molecule is CCCCCCCCNC(=O)C[C@@H](O)CCC. The summed E-state index contributed by atoms with van der Waals surface area (Å²) in [6.45, 7) is 4.98. The first kappa shape index (κ1) is 16.4. The Labute approximate surface area is 106 Å². The quantitative estimate of drug-likeness (QED) is 0.548. The minimum Gasteiger partial charge on any atom is -0.393 e. The minimum atomic E-state index is -0.468. The van der Waals surface area contributed by atoms with Gasteiger partial charge in [0.05, 0.1) is 12.5 Å². The molecule has 3 nitrogen and oxygen atoms in total. The van der Waals surface area contributed by atoms with Crippen molar-refractivity contribution in [1.82, 2.24) is 5.32 Å². The zero-order valence-electron chi connectivity index (χ0n) is 11.5. The van der Waals surface area contributed by atoms with Gasteiger partial charge in [-0.05, 0) is 12.8 Å². The fourth-order valence-corrected chi connectivity index (χ4v) is 1.85. The van der Waals surface area contributed by atoms with Crippen molar-refractivity contribution in [3.05, 3.63) is 0 Å². The van der Waals surface area contributed by atoms with E-state index in [2.05, 4.69) is 12.2 Å². The predicted octanol–water partition coefficient (Wildman–Crippen LogP) is 3.01. The number of carbonyl (C=O) groups is 1. The van der Waals surface area contributed by atoms with Gasteiger partial charge < -0.3 is 10.4 Å². The van der Waals surface area contributed by atoms with Crippen molar-refractivity contribution in [3.63, 3.8) is 0 Å². The molecule has 3 heteroatoms. The first-order chi connectivity index (χ1) is 8.20. The average Bonchev–Trinajstić information content (AvgIpc) is 2.28. The molecule has 0 heterocycles. The van der Waals surface area contributed by atoms with Crippen LogP contribution in [0.2, 0.25) is 0 Å². The van der Waals surface area contributed by atoms with E-state index >= 15 is 0 Å². The van der Waals surface area contributed by atoms with Crippen LogP contribution >= 0.6 is 0 Å². The Kier molecular flexibility index (Phi) is 11.5. The highest BCUT2D eigenvalue weighted by molar-refractivity contribution is 5.76. The fourth-order valence-electron chi connectivity index (χ4n) is 1.85. The van der Waals surface area contributed by atoms with Gasteiger partial charge in [-0.15, -0.1) is 0 Å². The summed E-state index contributed by atoms with van der Waals surface area (Å²) in [4.78, 5) is 11.4. The van der Waals surface area contributed by atoms with Gasteiger partial charge in [0.1, 0.15) is 0 Å². The van der Waals surface area contributed by atoms with Gasteiger partial charge in [-0.3, -0.25) is 4.79 Å². The van der Waals surface area contributed by atoms with Crippen molar-refractivity contribution < 1.29 is 9.90 Å². The number of amides is 1. The number of nitrogens with one attached hydrogen (secondary N) is 1. The van der Waals surface area contributed by atoms with Gasteiger partial charge in [-0.2, -0.15) is 0 Å². The van der Waals surface area contributed by atoms with Crippen LogP contribution in [-0.4, -0.2) is 23.7 Å². The summed E-state index contributed by atoms with van der Waals surface area (Å²) in [5.74, 6) is -0.0143. The highest BCUT2D eigenvalue weighted by Crippen LogP contribution is 2.04. The topological polar surface area (TPSA) is 49.3 Å². The van der Waals surface area contributed by atoms with E-state index in [1.54, 1.807) is 0 Å². The molecule has 0 rings (SSSR count). The molecule has 0 aromatic heterocycles. The van der Waals surface area contributed by atoms with E-state index < -0.39 is 6.10 Å². The molecule has 0 fully saturated rings. The number of unbranched alkanes of at least 4 members (excludes halogenated alkanes) is 5. The van der Waals surface area contributed by atoms with Crippen LogP contribution in [0.4, 0.5) is 0 Å². The molecule has 0 spiro atoms. The van der Waals surface area contributed by atoms with E-state index in [4.69, 9.17) is 0 Å². The second-order valence-corrected chi connectivity index (χ2v) is 4.76. The zero-order chi connectivity index (χ0) is 12.9. The largest absolute Gasteiger partial charge is 0.393 e. The van der Waals surface area contributed by atoms with E-state index in [0.717, 1.165) is 19.4 Å². The Morgan fingerprint density at radius 1 is 1.06 bits per heavy atom. The number of aliphatic hydroxyl groups is 1. The molecule has 0 radical (unpaired) electrons. The van der Waals surface area contributed by atoms with Crippen LogP contribution in [-0.2, 0) is 4.79 Å². The van der Waals surface area contributed by atoms with Crippen LogP contribution in [0.5, 0.6) is 0 Å². The third-order valence-electron chi connectivity index (χ3n) is 2.90. The third-order valence-corrected chi connectivity index (χ3v) is 2.90. The molecule has 1 atom stereocenters. The summed E-state index contributed by atoms with van der Waals surface area (Å²) < 4.78 is 0. The summed E-state index contributed by atoms with van der Waals surface area (Å²) >= 11 is 0. The lowest BCUT2D eigenvalue weighted by Crippen LogP contribution is -2.28. The van der Waals surface area contributed by atoms with Crippen LogP contribution in [0.3, 0.4) is 0 Å². The van der Waals surface area contributed by atoms with Gasteiger partial charge >= 0.3 is 0 Å². The van der Waals surface area contributed by atoms with Gasteiger partial charge in [-0.25, -0.2) is 0 Å². The molecular formula is C14H29NO2. The number of rotatable bonds is 11. The van der Waals surface area contributed by atoms with Crippen LogP contribution in [0.15, 0.2) is 0 Å². The maximum absolute atomic E-state index is 11.4. The zero-order valence-corrected chi connectivity index (χ0v) is 11.5. The van der Waals surface area contributed by atoms with E-state index in [1.807, 2.05) is 6.92 Å². The van der Waals surface area contributed by atoms with Crippen molar-refractivity contribution in [2.75, 3.05) is 6.54 Å². The van der Waals surface area contributed by atoms with E-state index in [9.17, 15) is 9.90 Å². The first-order valence-electron chi connectivity index (χ1n) is 7.15. The lowest BCUT2D eigenvalue weighted by Gasteiger charge is -2.09. The molecule has 0 saturated carbocycles. The van der Waals surface area contributed by atoms with Gasteiger partial charge in [0, 0.05) is 6.54 Å². The van der Waals surface area contributed by atoms with Gasteiger partial charge in [0.2, 0.25) is 5.91 Å². The Morgan fingerprint density at radius 2 is 1.71 bits per heavy atom. The van der Waals surface area contributed by atoms with E-state index in [-0.39, 0.29) is 12.3 Å². The molecule has 0 aliphatic carbocycles. The molecule has 0 saturated heterocycles. The molecule has 17 heavy (non-hydrogen) atoms. The molecule has 102 valence electrons. The molecule has 0 aromatic carbocycles. The third kappa shape index (κ3) is 11.7. The molecule has 0 aromatic rings. The Balaban J connectivity index is 3.27. The normalized spacial score (nSPS) is 12.4. The monoisotopic (exact) mass is 243 g/mol. The van der Waals surface area contributed by atoms with Crippen LogP contribution in [0.25, 0.3) is 0 Å². The van der Waals surface area contributed by atoms with Crippen molar-refractivity contribution in [3.8, 4) is 0 Å². The van der Waals surface area contributed by atoms with Crippen LogP contribution in [0, 0.1) is 0 Å². The summed E-state index contributed by atoms with van der Waals surface area (Å²) in [7, 11) is 0. The lowest BCUT2D eigenvalue weighted by atomic mass is 10.1. The fraction of sp³-hybridized carbons (Fsp3) is 0.929. The van der Waals surface area contributed by atoms with Crippen LogP contribution < -0.4 is 5.32 Å². The molecule has 2 N–H and O–H groups in total. The molecule has 0 unspecified atom stereocenters. The highest BCUT2D eigenvalue weighted by atomic mass is 16.3. The first-order valence-corrected chi connectivity index (χ1v) is 7.15. The van der Waals surface area contributed by atoms with Crippen molar-refractivity contribution in [1.29, 1.82) is 0 Å². The molecule has 1 amide bonds. The maximum atomic E-state index is 11.4. The minimum absolute atomic E-state index is 0.0143. The molecule has 0 bridgehead atoms. The average molecular weight is 243 g/mol. The number of aliphatic hydroxyl groups excluding tert-OH is 1. The second kappa shape index (κ2) is 11.9. The number of carbonyl (C=O) groups excluding carboxylic acids is 1. The van der Waals surface area contributed by atoms with Gasteiger partial charge in [-0.1, -0.05) is 52.4 Å². The Morgan fingerprint density at radius 3 is 2.35 bits per heavy atom. The second-order valence-electron chi connectivity index (χ2n) is 4.76. The predicted molar refractivity (Wildman–Crippen MR) is 71.9 cm³/mol. The van der Waals surface area contributed by atoms with E-state index in [0.29, 0.717) is 6.42 Å². The molecule has 0 aliphatic rings. The van der Waals surface area contributed by atoms with Crippen molar-refractivity contribution in [2.45, 2.75) is 77.7 Å². The van der Waals surface area contributed by atoms with Gasteiger partial charge in [0.25, 0.3) is 0 Å². The summed E-state index contributed by atoms with van der Waals surface area (Å²) in [5.41, 5.74) is 0. The maximum Gasteiger partial charge on any atom is 0.222 e. The number of hydrogen-bond acceptors (Lipinski definition) is 2. The molecular weight excluding hydrogens is 214 g/mol. The summed E-state index contributed by atoms with van der Waals surface area (Å²) in [6, 6.07) is 0. The highest BCUT2D eigenvalue weighted by Gasteiger charge is 2.08. The Bertz CT molecular complexity index is 183. The summed E-state index contributed by atoms with van der Waals surface area (Å²) in [5, 5.41) is 12.3. The van der Waals surface area contributed by atoms with E-state index in [1.165, 1.54) is 32.1 Å². The summed E-state index contributed by atoms with van der Waals surface area (Å²) in [6.07, 6.45) is 8.82. The number of hydrogen-bond donors (Lipinski definition) is 2. The van der Waals surface area contributed by atoms with Gasteiger partial charge in [0.15, 0.2) is 0 Å². The van der Waals surface area contributed by atoms with Crippen LogP contribution in [0.1, 0.15) is 71.6 Å². The van der Waals surface area contributed by atoms with Crippen molar-refractivity contribution in [2.24, 2.45) is 0 Å². The standard InChI is InChI=1S/C14H29NO2/c1-3-5-6-7-8-9-11-15-14(17)12-13(16)10-4-2/h13,16H,3-12H2,1-2H3,(H,15,17)/t13-/m0/s1. The lowest BCUT2D eigenvalue weighted by molar-refractivity contribution is -0.123. The smallest absolute Gasteiger partial charge is 0.222 e. The van der Waals surface area contributed by atoms with Crippen molar-refractivity contribution >= 4 is 5.91 Å².